The summed E-state index contributed by atoms with van der Waals surface area (Å²) < 4.78 is 12.5. The molecule has 0 radical (unpaired) electrons. The van der Waals surface area contributed by atoms with Crippen LogP contribution >= 0.6 is 0 Å². The van der Waals surface area contributed by atoms with Crippen molar-refractivity contribution in [1.82, 2.24) is 9.38 Å². The summed E-state index contributed by atoms with van der Waals surface area (Å²) in [5.41, 5.74) is 4.71. The number of para-hydroxylation sites is 1. The van der Waals surface area contributed by atoms with Gasteiger partial charge in [0.25, 0.3) is 5.91 Å². The van der Waals surface area contributed by atoms with Gasteiger partial charge in [-0.2, -0.15) is 0 Å². The maximum atomic E-state index is 12.9. The number of nitrogens with one attached hydrogen (secondary N) is 1. The van der Waals surface area contributed by atoms with E-state index in [0.717, 1.165) is 22.5 Å². The number of aromatic nitrogens is 2. The Balaban J connectivity index is 1.70. The van der Waals surface area contributed by atoms with Gasteiger partial charge in [-0.3, -0.25) is 4.79 Å². The first-order valence-corrected chi connectivity index (χ1v) is 9.18. The molecule has 6 heteroatoms. The van der Waals surface area contributed by atoms with E-state index in [9.17, 15) is 4.79 Å². The van der Waals surface area contributed by atoms with Crippen molar-refractivity contribution in [3.8, 4) is 22.8 Å². The number of imidazole rings is 1. The summed E-state index contributed by atoms with van der Waals surface area (Å²) in [5, 5.41) is 2.99. The summed E-state index contributed by atoms with van der Waals surface area (Å²) >= 11 is 0. The Labute approximate surface area is 168 Å². The first kappa shape index (κ1) is 18.6. The Hall–Kier alpha value is -3.80. The zero-order chi connectivity index (χ0) is 20.4. The van der Waals surface area contributed by atoms with E-state index in [1.807, 2.05) is 60.1 Å². The van der Waals surface area contributed by atoms with Crippen LogP contribution in [-0.4, -0.2) is 29.5 Å². The molecule has 0 fully saturated rings. The van der Waals surface area contributed by atoms with Gasteiger partial charge in [0.05, 0.1) is 31.2 Å². The average molecular weight is 387 g/mol. The van der Waals surface area contributed by atoms with Crippen LogP contribution in [-0.2, 0) is 0 Å². The number of hydrogen-bond acceptors (Lipinski definition) is 4. The smallest absolute Gasteiger partial charge is 0.259 e. The Kier molecular flexibility index (Phi) is 4.91. The van der Waals surface area contributed by atoms with Crippen molar-refractivity contribution in [3.05, 3.63) is 78.1 Å². The minimum atomic E-state index is -0.267. The summed E-state index contributed by atoms with van der Waals surface area (Å²) in [6, 6.07) is 16.7. The molecule has 0 saturated heterocycles. The second-order valence-corrected chi connectivity index (χ2v) is 6.61. The third-order valence-corrected chi connectivity index (χ3v) is 4.78. The highest BCUT2D eigenvalue weighted by molar-refractivity contribution is 6.08. The Bertz CT molecular complexity index is 1200. The molecule has 0 aliphatic rings. The number of methoxy groups -OCH3 is 2. The number of aryl methyl sites for hydroxylation is 1. The van der Waals surface area contributed by atoms with E-state index in [1.54, 1.807) is 25.3 Å². The van der Waals surface area contributed by atoms with Crippen LogP contribution < -0.4 is 14.8 Å². The highest BCUT2D eigenvalue weighted by atomic mass is 16.5. The lowest BCUT2D eigenvalue weighted by molar-refractivity contribution is 0.102. The van der Waals surface area contributed by atoms with Gasteiger partial charge in [-0.25, -0.2) is 4.98 Å². The number of amides is 1. The van der Waals surface area contributed by atoms with Gasteiger partial charge >= 0.3 is 0 Å². The zero-order valence-electron chi connectivity index (χ0n) is 16.5. The number of anilines is 1. The maximum Gasteiger partial charge on any atom is 0.259 e. The molecule has 2 heterocycles. The van der Waals surface area contributed by atoms with Crippen molar-refractivity contribution in [3.63, 3.8) is 0 Å². The van der Waals surface area contributed by atoms with Crippen LogP contribution in [0.5, 0.6) is 11.5 Å². The molecule has 6 nitrogen and oxygen atoms in total. The Morgan fingerprint density at radius 3 is 2.62 bits per heavy atom. The quantitative estimate of drug-likeness (QED) is 0.544. The number of ether oxygens (including phenoxy) is 2. The topological polar surface area (TPSA) is 64.9 Å². The largest absolute Gasteiger partial charge is 0.497 e. The molecular weight excluding hydrogens is 366 g/mol. The van der Waals surface area contributed by atoms with E-state index in [-0.39, 0.29) is 5.91 Å². The molecule has 2 aromatic carbocycles. The van der Waals surface area contributed by atoms with Gasteiger partial charge in [-0.05, 0) is 36.8 Å². The number of pyridine rings is 1. The summed E-state index contributed by atoms with van der Waals surface area (Å²) in [5.74, 6) is 0.804. The molecule has 4 aromatic rings. The molecule has 0 aliphatic heterocycles. The second kappa shape index (κ2) is 7.67. The van der Waals surface area contributed by atoms with Crippen LogP contribution in [0.1, 0.15) is 15.9 Å². The van der Waals surface area contributed by atoms with Gasteiger partial charge in [0.2, 0.25) is 0 Å². The van der Waals surface area contributed by atoms with E-state index in [4.69, 9.17) is 14.5 Å². The van der Waals surface area contributed by atoms with Gasteiger partial charge in [-0.15, -0.1) is 0 Å². The summed E-state index contributed by atoms with van der Waals surface area (Å²) in [7, 11) is 3.10. The van der Waals surface area contributed by atoms with E-state index in [2.05, 4.69) is 5.32 Å². The highest BCUT2D eigenvalue weighted by Crippen LogP contribution is 2.30. The predicted octanol–water partition coefficient (Wildman–Crippen LogP) is 4.58. The van der Waals surface area contributed by atoms with Gasteiger partial charge < -0.3 is 19.2 Å². The van der Waals surface area contributed by atoms with Crippen LogP contribution in [0.25, 0.3) is 16.9 Å². The van der Waals surface area contributed by atoms with Gasteiger partial charge in [0.1, 0.15) is 17.1 Å². The fraction of sp³-hybridized carbons (Fsp3) is 0.130. The Morgan fingerprint density at radius 1 is 1.03 bits per heavy atom. The number of carbonyl (C=O) groups excluding carboxylic acids is 1. The van der Waals surface area contributed by atoms with Crippen molar-refractivity contribution >= 4 is 17.2 Å². The molecule has 1 N–H and O–H groups in total. The number of benzene rings is 2. The minimum Gasteiger partial charge on any atom is -0.497 e. The lowest BCUT2D eigenvalue weighted by atomic mass is 10.1. The number of rotatable bonds is 5. The molecule has 0 aliphatic carbocycles. The summed E-state index contributed by atoms with van der Waals surface area (Å²) in [4.78, 5) is 17.7. The van der Waals surface area contributed by atoms with E-state index < -0.39 is 0 Å². The van der Waals surface area contributed by atoms with Crippen LogP contribution in [0.4, 0.5) is 5.69 Å². The number of fused-ring (bicyclic) bond motifs is 1. The lowest BCUT2D eigenvalue weighted by Crippen LogP contribution is -2.14. The standard InChI is InChI=1S/C23H21N3O3/c1-15-7-6-12-26-14-20(24-22(15)26)17-8-4-5-9-19(17)25-23(27)18-11-10-16(28-2)13-21(18)29-3/h4-14H,1-3H3,(H,25,27). The molecule has 0 saturated carbocycles. The molecular formula is C23H21N3O3. The third-order valence-electron chi connectivity index (χ3n) is 4.78. The molecule has 0 spiro atoms. The molecule has 0 atom stereocenters. The maximum absolute atomic E-state index is 12.9. The first-order valence-electron chi connectivity index (χ1n) is 9.18. The molecule has 146 valence electrons. The molecule has 4 rings (SSSR count). The predicted molar refractivity (Wildman–Crippen MR) is 113 cm³/mol. The molecule has 2 aromatic heterocycles. The lowest BCUT2D eigenvalue weighted by Gasteiger charge is -2.12. The van der Waals surface area contributed by atoms with E-state index >= 15 is 0 Å². The van der Waals surface area contributed by atoms with Crippen LogP contribution in [0, 0.1) is 6.92 Å². The van der Waals surface area contributed by atoms with Crippen LogP contribution in [0.2, 0.25) is 0 Å². The zero-order valence-corrected chi connectivity index (χ0v) is 16.5. The van der Waals surface area contributed by atoms with E-state index in [0.29, 0.717) is 22.7 Å². The van der Waals surface area contributed by atoms with Crippen molar-refractivity contribution < 1.29 is 14.3 Å². The van der Waals surface area contributed by atoms with E-state index in [1.165, 1.54) is 7.11 Å². The van der Waals surface area contributed by atoms with Crippen LogP contribution in [0.15, 0.2) is 67.0 Å². The highest BCUT2D eigenvalue weighted by Gasteiger charge is 2.16. The third kappa shape index (κ3) is 3.52. The summed E-state index contributed by atoms with van der Waals surface area (Å²) in [6.45, 7) is 2.02. The fourth-order valence-corrected chi connectivity index (χ4v) is 3.27. The monoisotopic (exact) mass is 387 g/mol. The normalized spacial score (nSPS) is 10.7. The molecule has 0 bridgehead atoms. The second-order valence-electron chi connectivity index (χ2n) is 6.61. The van der Waals surface area contributed by atoms with Gasteiger partial charge in [0, 0.05) is 24.0 Å². The van der Waals surface area contributed by atoms with Crippen molar-refractivity contribution in [2.45, 2.75) is 6.92 Å². The average Bonchev–Trinajstić information content (AvgIpc) is 3.19. The number of hydrogen-bond donors (Lipinski definition) is 1. The van der Waals surface area contributed by atoms with Gasteiger partial charge in [-0.1, -0.05) is 24.3 Å². The van der Waals surface area contributed by atoms with Crippen LogP contribution in [0.3, 0.4) is 0 Å². The minimum absolute atomic E-state index is 0.267. The van der Waals surface area contributed by atoms with Gasteiger partial charge in [0.15, 0.2) is 0 Å². The molecule has 29 heavy (non-hydrogen) atoms. The fourth-order valence-electron chi connectivity index (χ4n) is 3.27. The van der Waals surface area contributed by atoms with Crippen molar-refractivity contribution in [2.24, 2.45) is 0 Å². The van der Waals surface area contributed by atoms with Crippen molar-refractivity contribution in [2.75, 3.05) is 19.5 Å². The van der Waals surface area contributed by atoms with Crippen molar-refractivity contribution in [1.29, 1.82) is 0 Å². The Morgan fingerprint density at radius 2 is 1.86 bits per heavy atom. The first-order chi connectivity index (χ1) is 14.1. The summed E-state index contributed by atoms with van der Waals surface area (Å²) in [6.07, 6.45) is 3.92. The number of nitrogens with zero attached hydrogens (tertiary/aromatic N) is 2. The molecule has 1 amide bonds. The SMILES string of the molecule is COc1ccc(C(=O)Nc2ccccc2-c2cn3cccc(C)c3n2)c(OC)c1. The molecule has 0 unspecified atom stereocenters. The number of carbonyl (C=O) groups is 1.